The standard InChI is InChI=1S/C25H26N2O5S2/c1-17-7-5-8-18(2)25(17)26-22(28)16-32-23(29)15-21-20-10-4-3-9-19(20)12-13-27(21)34(30,31)24-11-6-14-33-24/h3-11,14,21H,12-13,15-16H2,1-2H3,(H,26,28)/t21-/m1/s1. The summed E-state index contributed by atoms with van der Waals surface area (Å²) in [6.07, 6.45) is 0.378. The molecule has 0 fully saturated rings. The fourth-order valence-electron chi connectivity index (χ4n) is 4.20. The van der Waals surface area contributed by atoms with Crippen molar-refractivity contribution >= 4 is 38.9 Å². The number of amides is 1. The largest absolute Gasteiger partial charge is 0.456 e. The summed E-state index contributed by atoms with van der Waals surface area (Å²) >= 11 is 1.14. The van der Waals surface area contributed by atoms with E-state index in [9.17, 15) is 18.0 Å². The number of nitrogens with one attached hydrogen (secondary N) is 1. The first-order chi connectivity index (χ1) is 16.3. The van der Waals surface area contributed by atoms with Gasteiger partial charge in [0.05, 0.1) is 12.5 Å². The van der Waals surface area contributed by atoms with E-state index < -0.39 is 34.5 Å². The molecule has 0 unspecified atom stereocenters. The van der Waals surface area contributed by atoms with Crippen molar-refractivity contribution < 1.29 is 22.7 Å². The third kappa shape index (κ3) is 5.06. The lowest BCUT2D eigenvalue weighted by Gasteiger charge is -2.35. The maximum absolute atomic E-state index is 13.3. The van der Waals surface area contributed by atoms with Gasteiger partial charge in [0.15, 0.2) is 6.61 Å². The number of rotatable bonds is 7. The van der Waals surface area contributed by atoms with Gasteiger partial charge in [-0.1, -0.05) is 48.5 Å². The topological polar surface area (TPSA) is 92.8 Å². The average molecular weight is 499 g/mol. The minimum Gasteiger partial charge on any atom is -0.456 e. The van der Waals surface area contributed by atoms with Gasteiger partial charge in [-0.2, -0.15) is 4.31 Å². The number of esters is 1. The van der Waals surface area contributed by atoms with Crippen LogP contribution >= 0.6 is 11.3 Å². The van der Waals surface area contributed by atoms with Crippen LogP contribution in [-0.4, -0.2) is 37.8 Å². The predicted molar refractivity (Wildman–Crippen MR) is 131 cm³/mol. The highest BCUT2D eigenvalue weighted by molar-refractivity contribution is 7.91. The van der Waals surface area contributed by atoms with E-state index in [4.69, 9.17) is 4.74 Å². The molecule has 0 aliphatic carbocycles. The van der Waals surface area contributed by atoms with E-state index >= 15 is 0 Å². The molecule has 0 bridgehead atoms. The Morgan fingerprint density at radius 2 is 1.79 bits per heavy atom. The first kappa shape index (κ1) is 24.1. The lowest BCUT2D eigenvalue weighted by Crippen LogP contribution is -2.41. The molecule has 0 saturated heterocycles. The second-order valence-electron chi connectivity index (χ2n) is 8.19. The van der Waals surface area contributed by atoms with E-state index in [1.165, 1.54) is 4.31 Å². The number of para-hydroxylation sites is 1. The SMILES string of the molecule is Cc1cccc(C)c1NC(=O)COC(=O)C[C@@H]1c2ccccc2CCN1S(=O)(=O)c1cccs1. The van der Waals surface area contributed by atoms with Gasteiger partial charge in [0.2, 0.25) is 0 Å². The molecule has 1 atom stereocenters. The molecular formula is C25H26N2O5S2. The zero-order valence-corrected chi connectivity index (χ0v) is 20.6. The Hall–Kier alpha value is -3.01. The van der Waals surface area contributed by atoms with Crippen LogP contribution in [0, 0.1) is 13.8 Å². The number of aryl methyl sites for hydroxylation is 2. The van der Waals surface area contributed by atoms with Gasteiger partial charge >= 0.3 is 5.97 Å². The molecule has 34 heavy (non-hydrogen) atoms. The van der Waals surface area contributed by atoms with E-state index in [2.05, 4.69) is 5.32 Å². The van der Waals surface area contributed by atoms with Gasteiger partial charge in [0.25, 0.3) is 15.9 Å². The summed E-state index contributed by atoms with van der Waals surface area (Å²) in [4.78, 5) is 25.1. The molecule has 1 N–H and O–H groups in total. The third-order valence-corrected chi connectivity index (χ3v) is 9.17. The number of hydrogen-bond donors (Lipinski definition) is 1. The van der Waals surface area contributed by atoms with Crippen molar-refractivity contribution in [3.63, 3.8) is 0 Å². The van der Waals surface area contributed by atoms with Crippen molar-refractivity contribution in [3.8, 4) is 0 Å². The Bertz CT molecular complexity index is 1280. The molecule has 1 aliphatic rings. The van der Waals surface area contributed by atoms with Gasteiger partial charge in [0.1, 0.15) is 4.21 Å². The van der Waals surface area contributed by atoms with Crippen molar-refractivity contribution in [2.24, 2.45) is 0 Å². The molecular weight excluding hydrogens is 472 g/mol. The van der Waals surface area contributed by atoms with Crippen molar-refractivity contribution in [1.29, 1.82) is 0 Å². The molecule has 2 heterocycles. The number of carbonyl (C=O) groups is 2. The maximum Gasteiger partial charge on any atom is 0.308 e. The molecule has 4 rings (SSSR count). The number of nitrogens with zero attached hydrogens (tertiary/aromatic N) is 1. The second-order valence-corrected chi connectivity index (χ2v) is 11.3. The van der Waals surface area contributed by atoms with E-state index in [0.29, 0.717) is 12.1 Å². The van der Waals surface area contributed by atoms with E-state index in [0.717, 1.165) is 33.6 Å². The number of carbonyl (C=O) groups excluding carboxylic acids is 2. The molecule has 3 aromatic rings. The molecule has 178 valence electrons. The summed E-state index contributed by atoms with van der Waals surface area (Å²) in [5.74, 6) is -1.08. The average Bonchev–Trinajstić information content (AvgIpc) is 3.36. The second kappa shape index (κ2) is 10.1. The van der Waals surface area contributed by atoms with Crippen LogP contribution in [0.5, 0.6) is 0 Å². The monoisotopic (exact) mass is 498 g/mol. The number of fused-ring (bicyclic) bond motifs is 1. The van der Waals surface area contributed by atoms with E-state index in [-0.39, 0.29) is 17.2 Å². The van der Waals surface area contributed by atoms with Gasteiger partial charge in [-0.25, -0.2) is 8.42 Å². The Morgan fingerprint density at radius 3 is 2.50 bits per heavy atom. The normalized spacial score (nSPS) is 16.0. The molecule has 7 nitrogen and oxygen atoms in total. The van der Waals surface area contributed by atoms with Gasteiger partial charge in [0, 0.05) is 12.2 Å². The van der Waals surface area contributed by atoms with Crippen molar-refractivity contribution in [2.75, 3.05) is 18.5 Å². The van der Waals surface area contributed by atoms with E-state index in [1.807, 2.05) is 56.3 Å². The van der Waals surface area contributed by atoms with Crippen LogP contribution in [0.25, 0.3) is 0 Å². The lowest BCUT2D eigenvalue weighted by atomic mass is 9.92. The summed E-state index contributed by atoms with van der Waals surface area (Å²) in [6, 6.07) is 15.7. The number of sulfonamides is 1. The van der Waals surface area contributed by atoms with Crippen LogP contribution in [0.15, 0.2) is 64.2 Å². The number of hydrogen-bond acceptors (Lipinski definition) is 6. The zero-order chi connectivity index (χ0) is 24.3. The van der Waals surface area contributed by atoms with Crippen molar-refractivity contribution in [2.45, 2.75) is 36.9 Å². The van der Waals surface area contributed by atoms with Gasteiger partial charge < -0.3 is 10.1 Å². The smallest absolute Gasteiger partial charge is 0.308 e. The van der Waals surface area contributed by atoms with Crippen LogP contribution in [0.3, 0.4) is 0 Å². The summed E-state index contributed by atoms with van der Waals surface area (Å²) in [7, 11) is -3.77. The first-order valence-electron chi connectivity index (χ1n) is 10.9. The van der Waals surface area contributed by atoms with Crippen molar-refractivity contribution in [3.05, 3.63) is 82.2 Å². The molecule has 0 saturated carbocycles. The third-order valence-electron chi connectivity index (χ3n) is 5.89. The van der Waals surface area contributed by atoms with E-state index in [1.54, 1.807) is 17.5 Å². The number of benzene rings is 2. The molecule has 0 spiro atoms. The quantitative estimate of drug-likeness (QED) is 0.492. The molecule has 2 aromatic carbocycles. The summed E-state index contributed by atoms with van der Waals surface area (Å²) in [5, 5.41) is 4.49. The summed E-state index contributed by atoms with van der Waals surface area (Å²) in [5.41, 5.74) is 4.30. The Morgan fingerprint density at radius 1 is 1.06 bits per heavy atom. The van der Waals surface area contributed by atoms with Crippen LogP contribution in [0.2, 0.25) is 0 Å². The molecule has 1 amide bonds. The molecule has 1 aromatic heterocycles. The highest BCUT2D eigenvalue weighted by Gasteiger charge is 2.38. The van der Waals surface area contributed by atoms with Crippen molar-refractivity contribution in [1.82, 2.24) is 4.31 Å². The highest BCUT2D eigenvalue weighted by atomic mass is 32.2. The maximum atomic E-state index is 13.3. The minimum absolute atomic E-state index is 0.182. The van der Waals surface area contributed by atoms with Crippen LogP contribution < -0.4 is 5.32 Å². The van der Waals surface area contributed by atoms with Gasteiger partial charge in [-0.15, -0.1) is 11.3 Å². The van der Waals surface area contributed by atoms with Crippen LogP contribution in [0.4, 0.5) is 5.69 Å². The highest BCUT2D eigenvalue weighted by Crippen LogP contribution is 2.37. The van der Waals surface area contributed by atoms with Crippen LogP contribution in [0.1, 0.15) is 34.7 Å². The summed E-state index contributed by atoms with van der Waals surface area (Å²) < 4.78 is 33.5. The molecule has 9 heteroatoms. The Kier molecular flexibility index (Phi) is 7.16. The van der Waals surface area contributed by atoms with Crippen LogP contribution in [-0.2, 0) is 30.8 Å². The minimum atomic E-state index is -3.77. The Labute approximate surface area is 203 Å². The number of thiophene rings is 1. The fraction of sp³-hybridized carbons (Fsp3) is 0.280. The molecule has 0 radical (unpaired) electrons. The van der Waals surface area contributed by atoms with Gasteiger partial charge in [-0.3, -0.25) is 9.59 Å². The zero-order valence-electron chi connectivity index (χ0n) is 19.0. The number of ether oxygens (including phenoxy) is 1. The summed E-state index contributed by atoms with van der Waals surface area (Å²) in [6.45, 7) is 3.59. The Balaban J connectivity index is 1.48. The first-order valence-corrected chi connectivity index (χ1v) is 13.2. The lowest BCUT2D eigenvalue weighted by molar-refractivity contribution is -0.148. The van der Waals surface area contributed by atoms with Gasteiger partial charge in [-0.05, 0) is 54.0 Å². The molecule has 1 aliphatic heterocycles. The predicted octanol–water partition coefficient (Wildman–Crippen LogP) is 4.23. The fourth-order valence-corrected chi connectivity index (χ4v) is 6.93. The number of anilines is 1.